The largest absolute Gasteiger partial charge is 0.352 e. The van der Waals surface area contributed by atoms with E-state index in [0.717, 1.165) is 17.7 Å². The number of sulfone groups is 1. The summed E-state index contributed by atoms with van der Waals surface area (Å²) in [6.07, 6.45) is 1.34. The lowest BCUT2D eigenvalue weighted by Gasteiger charge is -2.39. The van der Waals surface area contributed by atoms with Crippen LogP contribution in [0.1, 0.15) is 39.2 Å². The quantitative estimate of drug-likeness (QED) is 0.353. The molecule has 0 atom stereocenters. The summed E-state index contributed by atoms with van der Waals surface area (Å²) >= 11 is 0. The van der Waals surface area contributed by atoms with E-state index in [1.54, 1.807) is 20.9 Å². The molecule has 0 aliphatic carbocycles. The van der Waals surface area contributed by atoms with E-state index in [9.17, 15) is 13.2 Å². The maximum absolute atomic E-state index is 12.2. The van der Waals surface area contributed by atoms with Crippen molar-refractivity contribution >= 4 is 51.4 Å². The number of halogens is 1. The Balaban J connectivity index is 0.00000392. The summed E-state index contributed by atoms with van der Waals surface area (Å²) in [6, 6.07) is 7.66. The zero-order chi connectivity index (χ0) is 20.1. The number of nitrogens with one attached hydrogen (secondary N) is 2. The molecule has 1 heterocycles. The number of aliphatic imine (C=N–C) groups is 1. The second kappa shape index (κ2) is 10.4. The first-order valence-corrected chi connectivity index (χ1v) is 10.9. The fourth-order valence-corrected chi connectivity index (χ4v) is 4.36. The molecule has 0 bridgehead atoms. The van der Waals surface area contributed by atoms with Gasteiger partial charge in [-0.3, -0.25) is 9.79 Å². The molecule has 0 radical (unpaired) electrons. The van der Waals surface area contributed by atoms with Crippen molar-refractivity contribution in [2.45, 2.75) is 44.9 Å². The molecule has 1 aromatic rings. The summed E-state index contributed by atoms with van der Waals surface area (Å²) in [4.78, 5) is 17.9. The minimum atomic E-state index is -3.08. The van der Waals surface area contributed by atoms with Crippen LogP contribution in [0, 0.1) is 0 Å². The summed E-state index contributed by atoms with van der Waals surface area (Å²) in [7, 11) is -1.38. The van der Waals surface area contributed by atoms with Crippen molar-refractivity contribution in [1.82, 2.24) is 10.2 Å². The van der Waals surface area contributed by atoms with E-state index in [4.69, 9.17) is 0 Å². The molecule has 1 saturated heterocycles. The minimum absolute atomic E-state index is 0. The van der Waals surface area contributed by atoms with Crippen molar-refractivity contribution < 1.29 is 13.2 Å². The molecule has 1 aliphatic rings. The number of guanidine groups is 1. The second-order valence-corrected chi connectivity index (χ2v) is 10.1. The molecule has 7 nitrogen and oxygen atoms in total. The lowest BCUT2D eigenvalue weighted by atomic mass is 10.2. The smallest absolute Gasteiger partial charge is 0.224 e. The Morgan fingerprint density at radius 1 is 1.25 bits per heavy atom. The van der Waals surface area contributed by atoms with Gasteiger partial charge in [0.1, 0.15) is 0 Å². The molecule has 158 valence electrons. The van der Waals surface area contributed by atoms with Crippen LogP contribution in [0.2, 0.25) is 0 Å². The fraction of sp³-hybridized carbons (Fsp3) is 0.579. The van der Waals surface area contributed by atoms with Crippen molar-refractivity contribution in [1.29, 1.82) is 0 Å². The average molecular weight is 522 g/mol. The van der Waals surface area contributed by atoms with Crippen LogP contribution < -0.4 is 10.6 Å². The van der Waals surface area contributed by atoms with E-state index in [2.05, 4.69) is 15.6 Å². The predicted molar refractivity (Wildman–Crippen MR) is 125 cm³/mol. The zero-order valence-corrected chi connectivity index (χ0v) is 20.1. The number of anilines is 1. The number of carbonyl (C=O) groups is 1. The summed E-state index contributed by atoms with van der Waals surface area (Å²) < 4.78 is 23.6. The number of benzene rings is 1. The summed E-state index contributed by atoms with van der Waals surface area (Å²) in [5, 5.41) is 6.16. The SMILES string of the molecule is CCCC(=O)Nc1ccc(CNC(=NC)N2CCS(=O)(=O)C(C)(C)C2)cc1.I. The van der Waals surface area contributed by atoms with Gasteiger partial charge in [-0.2, -0.15) is 0 Å². The zero-order valence-electron chi connectivity index (χ0n) is 17.0. The molecular weight excluding hydrogens is 491 g/mol. The highest BCUT2D eigenvalue weighted by atomic mass is 127. The van der Waals surface area contributed by atoms with Gasteiger partial charge in [-0.15, -0.1) is 24.0 Å². The van der Waals surface area contributed by atoms with Crippen LogP contribution in [0.15, 0.2) is 29.3 Å². The standard InChI is InChI=1S/C19H30N4O3S.HI/c1-5-6-17(24)22-16-9-7-15(8-10-16)13-21-18(20-4)23-11-12-27(25,26)19(2,3)14-23;/h7-10H,5-6,11-14H2,1-4H3,(H,20,21)(H,22,24);1H. The van der Waals surface area contributed by atoms with E-state index in [-0.39, 0.29) is 35.6 Å². The van der Waals surface area contributed by atoms with Gasteiger partial charge in [0, 0.05) is 38.8 Å². The van der Waals surface area contributed by atoms with Gasteiger partial charge in [-0.05, 0) is 38.0 Å². The number of nitrogens with zero attached hydrogens (tertiary/aromatic N) is 2. The van der Waals surface area contributed by atoms with Crippen molar-refractivity contribution in [3.8, 4) is 0 Å². The Morgan fingerprint density at radius 3 is 2.43 bits per heavy atom. The van der Waals surface area contributed by atoms with Crippen LogP contribution in [-0.4, -0.2) is 55.8 Å². The molecule has 1 fully saturated rings. The topological polar surface area (TPSA) is 90.9 Å². The Morgan fingerprint density at radius 2 is 1.89 bits per heavy atom. The lowest BCUT2D eigenvalue weighted by Crippen LogP contribution is -2.57. The van der Waals surface area contributed by atoms with Crippen LogP contribution >= 0.6 is 24.0 Å². The average Bonchev–Trinajstić information content (AvgIpc) is 2.60. The Kier molecular flexibility index (Phi) is 9.19. The molecule has 0 saturated carbocycles. The first-order chi connectivity index (χ1) is 12.7. The van der Waals surface area contributed by atoms with Crippen LogP contribution in [0.5, 0.6) is 0 Å². The first-order valence-electron chi connectivity index (χ1n) is 9.25. The van der Waals surface area contributed by atoms with Crippen LogP contribution in [0.4, 0.5) is 5.69 Å². The lowest BCUT2D eigenvalue weighted by molar-refractivity contribution is -0.116. The van der Waals surface area contributed by atoms with E-state index >= 15 is 0 Å². The normalized spacial score (nSPS) is 18.1. The third kappa shape index (κ3) is 6.33. The Bertz CT molecular complexity index is 792. The van der Waals surface area contributed by atoms with Crippen LogP contribution in [0.3, 0.4) is 0 Å². The van der Waals surface area contributed by atoms with Gasteiger partial charge in [0.05, 0.1) is 10.5 Å². The second-order valence-electron chi connectivity index (χ2n) is 7.40. The van der Waals surface area contributed by atoms with Crippen molar-refractivity contribution in [3.63, 3.8) is 0 Å². The van der Waals surface area contributed by atoms with Crippen molar-refractivity contribution in [2.75, 3.05) is 31.2 Å². The molecule has 1 amide bonds. The van der Waals surface area contributed by atoms with Crippen LogP contribution in [0.25, 0.3) is 0 Å². The molecular formula is C19H31IN4O3S. The highest BCUT2D eigenvalue weighted by molar-refractivity contribution is 14.0. The highest BCUT2D eigenvalue weighted by Crippen LogP contribution is 2.23. The van der Waals surface area contributed by atoms with E-state index in [1.807, 2.05) is 36.1 Å². The van der Waals surface area contributed by atoms with Gasteiger partial charge in [0.25, 0.3) is 0 Å². The molecule has 2 rings (SSSR count). The van der Waals surface area contributed by atoms with E-state index < -0.39 is 14.6 Å². The molecule has 1 aliphatic heterocycles. The molecule has 0 aromatic heterocycles. The van der Waals surface area contributed by atoms with Crippen molar-refractivity contribution in [3.05, 3.63) is 29.8 Å². The van der Waals surface area contributed by atoms with Crippen LogP contribution in [-0.2, 0) is 21.2 Å². The number of hydrogen-bond acceptors (Lipinski definition) is 4. The molecule has 9 heteroatoms. The molecule has 0 spiro atoms. The monoisotopic (exact) mass is 522 g/mol. The third-order valence-corrected chi connectivity index (χ3v) is 7.25. The third-order valence-electron chi connectivity index (χ3n) is 4.72. The highest BCUT2D eigenvalue weighted by Gasteiger charge is 2.40. The number of hydrogen-bond donors (Lipinski definition) is 2. The number of rotatable bonds is 5. The summed E-state index contributed by atoms with van der Waals surface area (Å²) in [5.41, 5.74) is 1.83. The molecule has 0 unspecified atom stereocenters. The maximum atomic E-state index is 12.2. The minimum Gasteiger partial charge on any atom is -0.352 e. The van der Waals surface area contributed by atoms with Crippen molar-refractivity contribution in [2.24, 2.45) is 4.99 Å². The van der Waals surface area contributed by atoms with Gasteiger partial charge in [0.15, 0.2) is 15.8 Å². The maximum Gasteiger partial charge on any atom is 0.224 e. The number of carbonyl (C=O) groups excluding carboxylic acids is 1. The van der Waals surface area contributed by atoms with Gasteiger partial charge < -0.3 is 15.5 Å². The van der Waals surface area contributed by atoms with Gasteiger partial charge in [-0.1, -0.05) is 19.1 Å². The van der Waals surface area contributed by atoms with Gasteiger partial charge in [-0.25, -0.2) is 8.42 Å². The predicted octanol–water partition coefficient (Wildman–Crippen LogP) is 2.63. The molecule has 2 N–H and O–H groups in total. The summed E-state index contributed by atoms with van der Waals surface area (Å²) in [6.45, 7) is 6.91. The first kappa shape index (κ1) is 24.7. The van der Waals surface area contributed by atoms with Gasteiger partial charge in [0.2, 0.25) is 5.91 Å². The molecule has 28 heavy (non-hydrogen) atoms. The fourth-order valence-electron chi connectivity index (χ4n) is 2.99. The van der Waals surface area contributed by atoms with Gasteiger partial charge >= 0.3 is 0 Å². The van der Waals surface area contributed by atoms with E-state index in [0.29, 0.717) is 32.0 Å². The molecule has 1 aromatic carbocycles. The Hall–Kier alpha value is -1.36. The Labute approximate surface area is 185 Å². The van der Waals surface area contributed by atoms with E-state index in [1.165, 1.54) is 0 Å². The summed E-state index contributed by atoms with van der Waals surface area (Å²) in [5.74, 6) is 0.845. The number of amides is 1.